The number of methoxy groups -OCH3 is 2. The van der Waals surface area contributed by atoms with Crippen molar-refractivity contribution in [3.63, 3.8) is 0 Å². The van der Waals surface area contributed by atoms with Gasteiger partial charge in [0.05, 0.1) is 19.5 Å². The molecule has 0 aromatic heterocycles. The third kappa shape index (κ3) is 8.98. The highest BCUT2D eigenvalue weighted by Crippen LogP contribution is 2.29. The molecule has 3 N–H and O–H groups in total. The van der Waals surface area contributed by atoms with Crippen LogP contribution in [0.1, 0.15) is 28.4 Å². The Morgan fingerprint density at radius 3 is 2.00 bits per heavy atom. The predicted octanol–water partition coefficient (Wildman–Crippen LogP) is 6.54. The minimum Gasteiger partial charge on any atom is -0.497 e. The Balaban J connectivity index is 1.42. The number of amides is 3. The lowest BCUT2D eigenvalue weighted by Gasteiger charge is -2.14. The first kappa shape index (κ1) is 30.9. The molecular weight excluding hydrogens is 562 g/mol. The quantitative estimate of drug-likeness (QED) is 0.134. The molecule has 0 saturated carbocycles. The van der Waals surface area contributed by atoms with Crippen LogP contribution in [0.2, 0.25) is 0 Å². The molecule has 0 heterocycles. The summed E-state index contributed by atoms with van der Waals surface area (Å²) in [5.74, 6) is 0.109. The summed E-state index contributed by atoms with van der Waals surface area (Å²) in [4.78, 5) is 39.9. The highest BCUT2D eigenvalue weighted by atomic mass is 32.2. The average Bonchev–Trinajstić information content (AvgIpc) is 3.02. The summed E-state index contributed by atoms with van der Waals surface area (Å²) in [6, 6.07) is 28.7. The molecule has 8 nitrogen and oxygen atoms in total. The molecule has 1 unspecified atom stereocenters. The van der Waals surface area contributed by atoms with Crippen LogP contribution < -0.4 is 25.4 Å². The van der Waals surface area contributed by atoms with E-state index in [2.05, 4.69) is 16.0 Å². The summed E-state index contributed by atoms with van der Waals surface area (Å²) in [5, 5.41) is 8.09. The Bertz CT molecular complexity index is 1580. The maximum atomic E-state index is 13.3. The molecule has 0 aliphatic heterocycles. The van der Waals surface area contributed by atoms with Crippen molar-refractivity contribution in [1.82, 2.24) is 5.32 Å². The maximum Gasteiger partial charge on any atom is 0.272 e. The van der Waals surface area contributed by atoms with E-state index in [1.54, 1.807) is 74.9 Å². The number of thioether (sulfide) groups is 1. The second kappa shape index (κ2) is 14.7. The Morgan fingerprint density at radius 1 is 0.767 bits per heavy atom. The standard InChI is InChI=1S/C34H33N3O5S/c1-22-10-12-24(13-11-22)18-31(37-33(39)25-8-6-5-7-9-25)34(40)35-26-14-16-30(17-15-26)43-23(2)32(38)36-27-19-28(41-3)21-29(20-27)42-4/h5-21,23H,1-4H3,(H,35,40)(H,36,38)(H,37,39)/b31-18-. The second-order valence-corrected chi connectivity index (χ2v) is 11.0. The first-order valence-corrected chi connectivity index (χ1v) is 14.4. The van der Waals surface area contributed by atoms with E-state index in [1.807, 2.05) is 56.3 Å². The lowest BCUT2D eigenvalue weighted by molar-refractivity contribution is -0.115. The minimum absolute atomic E-state index is 0.107. The fourth-order valence-corrected chi connectivity index (χ4v) is 4.84. The topological polar surface area (TPSA) is 106 Å². The fraction of sp³-hybridized carbons (Fsp3) is 0.147. The molecule has 4 rings (SSSR count). The van der Waals surface area contributed by atoms with E-state index >= 15 is 0 Å². The van der Waals surface area contributed by atoms with E-state index in [4.69, 9.17) is 9.47 Å². The molecule has 0 saturated heterocycles. The summed E-state index contributed by atoms with van der Waals surface area (Å²) in [6.07, 6.45) is 1.64. The number of ether oxygens (including phenoxy) is 2. The van der Waals surface area contributed by atoms with Gasteiger partial charge in [0.1, 0.15) is 17.2 Å². The largest absolute Gasteiger partial charge is 0.497 e. The molecule has 3 amide bonds. The highest BCUT2D eigenvalue weighted by Gasteiger charge is 2.17. The fourth-order valence-electron chi connectivity index (χ4n) is 3.97. The van der Waals surface area contributed by atoms with Crippen molar-refractivity contribution < 1.29 is 23.9 Å². The second-order valence-electron chi connectivity index (χ2n) is 9.62. The number of anilines is 2. The van der Waals surface area contributed by atoms with Crippen LogP contribution >= 0.6 is 11.8 Å². The number of carbonyl (C=O) groups excluding carboxylic acids is 3. The Hall–Kier alpha value is -5.02. The molecule has 4 aromatic rings. The Morgan fingerprint density at radius 2 is 1.40 bits per heavy atom. The third-order valence-corrected chi connectivity index (χ3v) is 7.44. The normalized spacial score (nSPS) is 11.7. The van der Waals surface area contributed by atoms with Gasteiger partial charge in [-0.05, 0) is 61.9 Å². The van der Waals surface area contributed by atoms with Gasteiger partial charge in [0.2, 0.25) is 5.91 Å². The first-order valence-electron chi connectivity index (χ1n) is 13.5. The number of aryl methyl sites for hydroxylation is 1. The number of benzene rings is 4. The molecule has 0 aliphatic carbocycles. The van der Waals surface area contributed by atoms with Crippen LogP contribution in [0, 0.1) is 6.92 Å². The summed E-state index contributed by atoms with van der Waals surface area (Å²) in [5.41, 5.74) is 3.52. The van der Waals surface area contributed by atoms with Crippen LogP contribution in [0.5, 0.6) is 11.5 Å². The van der Waals surface area contributed by atoms with Crippen LogP contribution in [0.15, 0.2) is 108 Å². The van der Waals surface area contributed by atoms with Crippen LogP contribution in [0.4, 0.5) is 11.4 Å². The molecular formula is C34H33N3O5S. The number of carbonyl (C=O) groups is 3. The van der Waals surface area contributed by atoms with Gasteiger partial charge in [-0.25, -0.2) is 0 Å². The monoisotopic (exact) mass is 595 g/mol. The molecule has 0 aliphatic rings. The molecule has 0 spiro atoms. The number of nitrogens with one attached hydrogen (secondary N) is 3. The number of rotatable bonds is 11. The van der Waals surface area contributed by atoms with Crippen molar-refractivity contribution in [3.05, 3.63) is 119 Å². The van der Waals surface area contributed by atoms with Crippen molar-refractivity contribution in [1.29, 1.82) is 0 Å². The summed E-state index contributed by atoms with van der Waals surface area (Å²) in [7, 11) is 3.10. The highest BCUT2D eigenvalue weighted by molar-refractivity contribution is 8.00. The van der Waals surface area contributed by atoms with E-state index in [0.717, 1.165) is 16.0 Å². The molecule has 1 atom stereocenters. The van der Waals surface area contributed by atoms with Gasteiger partial charge in [-0.1, -0.05) is 48.0 Å². The van der Waals surface area contributed by atoms with Crippen LogP contribution in [0.3, 0.4) is 0 Å². The van der Waals surface area contributed by atoms with Crippen molar-refractivity contribution in [2.75, 3.05) is 24.9 Å². The van der Waals surface area contributed by atoms with Crippen LogP contribution in [-0.2, 0) is 9.59 Å². The van der Waals surface area contributed by atoms with E-state index < -0.39 is 11.2 Å². The number of hydrogen-bond acceptors (Lipinski definition) is 6. The summed E-state index contributed by atoms with van der Waals surface area (Å²) < 4.78 is 10.5. The van der Waals surface area contributed by atoms with Gasteiger partial charge in [0.15, 0.2) is 0 Å². The van der Waals surface area contributed by atoms with E-state index in [0.29, 0.717) is 28.4 Å². The van der Waals surface area contributed by atoms with Crippen molar-refractivity contribution in [2.24, 2.45) is 0 Å². The molecule has 0 bridgehead atoms. The van der Waals surface area contributed by atoms with Gasteiger partial charge in [0.25, 0.3) is 11.8 Å². The molecule has 9 heteroatoms. The van der Waals surface area contributed by atoms with Crippen molar-refractivity contribution in [3.8, 4) is 11.5 Å². The van der Waals surface area contributed by atoms with Gasteiger partial charge in [-0.15, -0.1) is 11.8 Å². The zero-order valence-corrected chi connectivity index (χ0v) is 25.2. The van der Waals surface area contributed by atoms with Gasteiger partial charge in [-0.2, -0.15) is 0 Å². The molecule has 0 radical (unpaired) electrons. The van der Waals surface area contributed by atoms with E-state index in [-0.39, 0.29) is 17.5 Å². The van der Waals surface area contributed by atoms with Gasteiger partial charge < -0.3 is 25.4 Å². The lowest BCUT2D eigenvalue weighted by Crippen LogP contribution is -2.30. The van der Waals surface area contributed by atoms with Crippen LogP contribution in [-0.4, -0.2) is 37.2 Å². The molecule has 0 fully saturated rings. The maximum absolute atomic E-state index is 13.3. The van der Waals surface area contributed by atoms with Gasteiger partial charge >= 0.3 is 0 Å². The predicted molar refractivity (Wildman–Crippen MR) is 172 cm³/mol. The van der Waals surface area contributed by atoms with Crippen molar-refractivity contribution >= 4 is 46.9 Å². The molecule has 220 valence electrons. The lowest BCUT2D eigenvalue weighted by atomic mass is 10.1. The van der Waals surface area contributed by atoms with E-state index in [1.165, 1.54) is 11.8 Å². The summed E-state index contributed by atoms with van der Waals surface area (Å²) >= 11 is 1.38. The van der Waals surface area contributed by atoms with Crippen LogP contribution in [0.25, 0.3) is 6.08 Å². The first-order chi connectivity index (χ1) is 20.7. The number of hydrogen-bond donors (Lipinski definition) is 3. The van der Waals surface area contributed by atoms with Gasteiger partial charge in [0, 0.05) is 40.0 Å². The SMILES string of the molecule is COc1cc(NC(=O)C(C)Sc2ccc(NC(=O)/C(=C/c3ccc(C)cc3)NC(=O)c3ccccc3)cc2)cc(OC)c1. The Kier molecular flexibility index (Phi) is 10.6. The minimum atomic E-state index is -0.466. The van der Waals surface area contributed by atoms with Crippen molar-refractivity contribution in [2.45, 2.75) is 24.0 Å². The van der Waals surface area contributed by atoms with Gasteiger partial charge in [-0.3, -0.25) is 14.4 Å². The smallest absolute Gasteiger partial charge is 0.272 e. The Labute approximate surface area is 255 Å². The molecule has 43 heavy (non-hydrogen) atoms. The zero-order valence-electron chi connectivity index (χ0n) is 24.3. The molecule has 4 aromatic carbocycles. The average molecular weight is 596 g/mol. The van der Waals surface area contributed by atoms with E-state index in [9.17, 15) is 14.4 Å². The third-order valence-electron chi connectivity index (χ3n) is 6.33. The summed E-state index contributed by atoms with van der Waals surface area (Å²) in [6.45, 7) is 3.79. The zero-order chi connectivity index (χ0) is 30.8.